The second-order valence-electron chi connectivity index (χ2n) is 3.76. The SMILES string of the molecule is FC(F)(F)c1cnn(-c2cnn3c2NCC=C3)c1. The molecule has 2 aromatic heterocycles. The maximum atomic E-state index is 12.5. The van der Waals surface area contributed by atoms with Crippen molar-refractivity contribution < 1.29 is 13.2 Å². The van der Waals surface area contributed by atoms with Crippen molar-refractivity contribution in [2.45, 2.75) is 6.18 Å². The molecule has 18 heavy (non-hydrogen) atoms. The first-order chi connectivity index (χ1) is 8.55. The topological polar surface area (TPSA) is 47.7 Å². The molecule has 0 saturated heterocycles. The van der Waals surface area contributed by atoms with Gasteiger partial charge in [-0.05, 0) is 6.08 Å². The van der Waals surface area contributed by atoms with Gasteiger partial charge in [-0.1, -0.05) is 0 Å². The van der Waals surface area contributed by atoms with E-state index in [9.17, 15) is 13.2 Å². The smallest absolute Gasteiger partial charge is 0.365 e. The molecule has 1 aliphatic heterocycles. The molecule has 0 atom stereocenters. The first kappa shape index (κ1) is 10.9. The zero-order valence-electron chi connectivity index (χ0n) is 9.02. The monoisotopic (exact) mass is 255 g/mol. The Morgan fingerprint density at radius 1 is 1.22 bits per heavy atom. The number of hydrogen-bond donors (Lipinski definition) is 1. The third-order valence-corrected chi connectivity index (χ3v) is 2.57. The number of alkyl halides is 3. The van der Waals surface area contributed by atoms with Gasteiger partial charge in [-0.3, -0.25) is 0 Å². The Hall–Kier alpha value is -2.25. The average Bonchev–Trinajstić information content (AvgIpc) is 2.94. The van der Waals surface area contributed by atoms with E-state index in [0.29, 0.717) is 18.1 Å². The Morgan fingerprint density at radius 3 is 2.78 bits per heavy atom. The van der Waals surface area contributed by atoms with Crippen molar-refractivity contribution in [3.8, 4) is 5.69 Å². The van der Waals surface area contributed by atoms with Crippen LogP contribution in [0.5, 0.6) is 0 Å². The second-order valence-corrected chi connectivity index (χ2v) is 3.76. The summed E-state index contributed by atoms with van der Waals surface area (Å²) in [5.41, 5.74) is -0.302. The molecule has 8 heteroatoms. The lowest BCUT2D eigenvalue weighted by Crippen LogP contribution is -2.11. The summed E-state index contributed by atoms with van der Waals surface area (Å²) in [6, 6.07) is 0. The van der Waals surface area contributed by atoms with E-state index in [4.69, 9.17) is 0 Å². The third-order valence-electron chi connectivity index (χ3n) is 2.57. The lowest BCUT2D eigenvalue weighted by molar-refractivity contribution is -0.137. The quantitative estimate of drug-likeness (QED) is 0.847. The van der Waals surface area contributed by atoms with Crippen molar-refractivity contribution in [1.29, 1.82) is 0 Å². The van der Waals surface area contributed by atoms with Crippen molar-refractivity contribution in [1.82, 2.24) is 19.6 Å². The van der Waals surface area contributed by atoms with Gasteiger partial charge >= 0.3 is 6.18 Å². The van der Waals surface area contributed by atoms with Crippen LogP contribution in [-0.4, -0.2) is 26.1 Å². The van der Waals surface area contributed by atoms with Gasteiger partial charge < -0.3 is 5.32 Å². The summed E-state index contributed by atoms with van der Waals surface area (Å²) in [6.45, 7) is 0.603. The van der Waals surface area contributed by atoms with Crippen molar-refractivity contribution >= 4 is 12.0 Å². The molecule has 94 valence electrons. The van der Waals surface area contributed by atoms with E-state index in [1.165, 1.54) is 6.20 Å². The lowest BCUT2D eigenvalue weighted by Gasteiger charge is -2.11. The number of nitrogens with one attached hydrogen (secondary N) is 1. The van der Waals surface area contributed by atoms with Crippen LogP contribution in [0.1, 0.15) is 5.56 Å². The van der Waals surface area contributed by atoms with E-state index in [1.54, 1.807) is 10.9 Å². The average molecular weight is 255 g/mol. The van der Waals surface area contributed by atoms with Gasteiger partial charge in [-0.25, -0.2) is 9.36 Å². The standard InChI is InChI=1S/C10H8F3N5/c11-10(12,13)7-4-15-18(6-7)8-5-16-17-3-1-2-14-9(8)17/h1,3-6,14H,2H2. The van der Waals surface area contributed by atoms with Crippen molar-refractivity contribution in [2.24, 2.45) is 0 Å². The number of rotatable bonds is 1. The minimum absolute atomic E-state index is 0.481. The van der Waals surface area contributed by atoms with Crippen LogP contribution < -0.4 is 5.32 Å². The van der Waals surface area contributed by atoms with Crippen LogP contribution in [0.3, 0.4) is 0 Å². The molecule has 0 spiro atoms. The number of nitrogens with zero attached hydrogens (tertiary/aromatic N) is 4. The van der Waals surface area contributed by atoms with Crippen molar-refractivity contribution in [2.75, 3.05) is 11.9 Å². The number of fused-ring (bicyclic) bond motifs is 1. The van der Waals surface area contributed by atoms with Crippen LogP contribution in [-0.2, 0) is 6.18 Å². The molecule has 0 bridgehead atoms. The maximum absolute atomic E-state index is 12.5. The molecule has 2 aromatic rings. The van der Waals surface area contributed by atoms with Crippen molar-refractivity contribution in [3.05, 3.63) is 30.2 Å². The first-order valence-electron chi connectivity index (χ1n) is 5.16. The Labute approximate surface area is 99.5 Å². The number of halogens is 3. The summed E-state index contributed by atoms with van der Waals surface area (Å²) in [6.07, 6.45) is 2.40. The second kappa shape index (κ2) is 3.62. The van der Waals surface area contributed by atoms with E-state index in [2.05, 4.69) is 15.5 Å². The molecule has 0 aliphatic carbocycles. The van der Waals surface area contributed by atoms with E-state index in [1.807, 2.05) is 6.08 Å². The molecule has 1 N–H and O–H groups in total. The normalized spacial score (nSPS) is 14.4. The minimum Gasteiger partial charge on any atom is -0.365 e. The van der Waals surface area contributed by atoms with Crippen LogP contribution in [0.4, 0.5) is 19.0 Å². The summed E-state index contributed by atoms with van der Waals surface area (Å²) in [5, 5.41) is 10.8. The van der Waals surface area contributed by atoms with Crippen LogP contribution in [0, 0.1) is 0 Å². The maximum Gasteiger partial charge on any atom is 0.419 e. The van der Waals surface area contributed by atoms with Crippen molar-refractivity contribution in [3.63, 3.8) is 0 Å². The fourth-order valence-corrected chi connectivity index (χ4v) is 1.71. The van der Waals surface area contributed by atoms with Crippen LogP contribution in [0.15, 0.2) is 24.7 Å². The highest BCUT2D eigenvalue weighted by Crippen LogP contribution is 2.30. The summed E-state index contributed by atoms with van der Waals surface area (Å²) in [5.74, 6) is 0.620. The highest BCUT2D eigenvalue weighted by atomic mass is 19.4. The minimum atomic E-state index is -4.39. The molecule has 0 fully saturated rings. The lowest BCUT2D eigenvalue weighted by atomic mass is 10.3. The fraction of sp³-hybridized carbons (Fsp3) is 0.200. The number of anilines is 1. The predicted molar refractivity (Wildman–Crippen MR) is 58.2 cm³/mol. The Bertz CT molecular complexity index is 607. The van der Waals surface area contributed by atoms with Gasteiger partial charge in [-0.15, -0.1) is 0 Å². The van der Waals surface area contributed by atoms with Crippen LogP contribution in [0.2, 0.25) is 0 Å². The molecule has 1 aliphatic rings. The van der Waals surface area contributed by atoms with Gasteiger partial charge in [-0.2, -0.15) is 23.4 Å². The predicted octanol–water partition coefficient (Wildman–Crippen LogP) is 1.98. The Balaban J connectivity index is 2.03. The zero-order chi connectivity index (χ0) is 12.8. The number of hydrogen-bond acceptors (Lipinski definition) is 3. The molecular formula is C10H8F3N5. The third kappa shape index (κ3) is 1.66. The summed E-state index contributed by atoms with van der Waals surface area (Å²) >= 11 is 0. The molecule has 0 unspecified atom stereocenters. The van der Waals surface area contributed by atoms with E-state index in [0.717, 1.165) is 17.1 Å². The Morgan fingerprint density at radius 2 is 2.06 bits per heavy atom. The largest absolute Gasteiger partial charge is 0.419 e. The molecule has 0 aromatic carbocycles. The molecule has 5 nitrogen and oxygen atoms in total. The summed E-state index contributed by atoms with van der Waals surface area (Å²) < 4.78 is 40.2. The zero-order valence-corrected chi connectivity index (χ0v) is 9.02. The summed E-state index contributed by atoms with van der Waals surface area (Å²) in [7, 11) is 0. The van der Waals surface area contributed by atoms with Crippen LogP contribution >= 0.6 is 0 Å². The van der Waals surface area contributed by atoms with Gasteiger partial charge in [0.2, 0.25) is 0 Å². The van der Waals surface area contributed by atoms with E-state index in [-0.39, 0.29) is 0 Å². The van der Waals surface area contributed by atoms with Crippen LogP contribution in [0.25, 0.3) is 11.9 Å². The molecule has 3 heterocycles. The molecule has 3 rings (SSSR count). The molecule has 0 saturated carbocycles. The molecule has 0 amide bonds. The van der Waals surface area contributed by atoms with Gasteiger partial charge in [0.1, 0.15) is 5.69 Å². The highest BCUT2D eigenvalue weighted by Gasteiger charge is 2.32. The van der Waals surface area contributed by atoms with Gasteiger partial charge in [0.05, 0.1) is 18.0 Å². The Kier molecular flexibility index (Phi) is 2.19. The fourth-order valence-electron chi connectivity index (χ4n) is 1.71. The van der Waals surface area contributed by atoms with E-state index >= 15 is 0 Å². The summed E-state index contributed by atoms with van der Waals surface area (Å²) in [4.78, 5) is 0. The van der Waals surface area contributed by atoms with Gasteiger partial charge in [0.15, 0.2) is 5.82 Å². The highest BCUT2D eigenvalue weighted by molar-refractivity contribution is 5.61. The van der Waals surface area contributed by atoms with E-state index < -0.39 is 11.7 Å². The first-order valence-corrected chi connectivity index (χ1v) is 5.16. The molecule has 0 radical (unpaired) electrons. The van der Waals surface area contributed by atoms with Gasteiger partial charge in [0, 0.05) is 18.9 Å². The molecular weight excluding hydrogens is 247 g/mol. The number of aromatic nitrogens is 4. The van der Waals surface area contributed by atoms with Gasteiger partial charge in [0.25, 0.3) is 0 Å².